The second-order valence-electron chi connectivity index (χ2n) is 5.75. The minimum absolute atomic E-state index is 0.0525. The fraction of sp³-hybridized carbons (Fsp3) is 0.200. The number of hydrogen-bond donors (Lipinski definition) is 6. The van der Waals surface area contributed by atoms with Crippen LogP contribution >= 0.6 is 0 Å². The lowest BCUT2D eigenvalue weighted by Crippen LogP contribution is -2.23. The number of phenolic OH excluding ortho intramolecular Hbond substituents is 2. The van der Waals surface area contributed by atoms with Gasteiger partial charge in [0.05, 0.1) is 6.10 Å². The summed E-state index contributed by atoms with van der Waals surface area (Å²) >= 11 is 0. The second-order valence-corrected chi connectivity index (χ2v) is 5.75. The summed E-state index contributed by atoms with van der Waals surface area (Å²) in [5.74, 6) is -2.62. The van der Waals surface area contributed by atoms with Crippen LogP contribution in [0.3, 0.4) is 0 Å². The molecule has 2 aromatic rings. The van der Waals surface area contributed by atoms with E-state index in [1.807, 2.05) is 18.2 Å². The summed E-state index contributed by atoms with van der Waals surface area (Å²) in [6, 6.07) is 14.2. The number of nitrogens with one attached hydrogen (secondary N) is 1. The van der Waals surface area contributed by atoms with E-state index in [-0.39, 0.29) is 11.5 Å². The van der Waals surface area contributed by atoms with E-state index in [4.69, 9.17) is 10.2 Å². The Balaban J connectivity index is 0.000000416. The summed E-state index contributed by atoms with van der Waals surface area (Å²) in [5.41, 5.74) is 1.74. The molecule has 0 saturated heterocycles. The summed E-state index contributed by atoms with van der Waals surface area (Å²) in [7, 11) is 0. The van der Waals surface area contributed by atoms with Gasteiger partial charge in [-0.15, -0.1) is 0 Å². The molecule has 0 aliphatic carbocycles. The van der Waals surface area contributed by atoms with Crippen molar-refractivity contribution in [1.82, 2.24) is 5.32 Å². The van der Waals surface area contributed by atoms with Crippen LogP contribution in [0.15, 0.2) is 60.7 Å². The Kier molecular flexibility index (Phi) is 9.80. The first-order valence-corrected chi connectivity index (χ1v) is 8.37. The molecule has 6 N–H and O–H groups in total. The molecule has 8 nitrogen and oxygen atoms in total. The van der Waals surface area contributed by atoms with Crippen LogP contribution in [0.5, 0.6) is 11.5 Å². The van der Waals surface area contributed by atoms with Crippen molar-refractivity contribution in [1.29, 1.82) is 0 Å². The lowest BCUT2D eigenvalue weighted by Gasteiger charge is -2.13. The molecule has 0 heterocycles. The summed E-state index contributed by atoms with van der Waals surface area (Å²) in [4.78, 5) is 19.1. The molecule has 0 aliphatic heterocycles. The largest absolute Gasteiger partial charge is 0.508 e. The quantitative estimate of drug-likeness (QED) is 0.295. The topological polar surface area (TPSA) is 147 Å². The van der Waals surface area contributed by atoms with Crippen LogP contribution in [-0.2, 0) is 16.0 Å². The first-order chi connectivity index (χ1) is 13.3. The lowest BCUT2D eigenvalue weighted by atomic mass is 10.1. The predicted molar refractivity (Wildman–Crippen MR) is 102 cm³/mol. The van der Waals surface area contributed by atoms with Gasteiger partial charge < -0.3 is 30.8 Å². The third kappa shape index (κ3) is 9.95. The molecule has 0 spiro atoms. The molecule has 0 saturated carbocycles. The van der Waals surface area contributed by atoms with Crippen molar-refractivity contribution in [3.05, 3.63) is 71.8 Å². The number of hydrogen-bond acceptors (Lipinski definition) is 6. The first kappa shape index (κ1) is 22.7. The molecule has 1 atom stereocenters. The number of aliphatic hydroxyl groups excluding tert-OH is 1. The highest BCUT2D eigenvalue weighted by Crippen LogP contribution is 2.24. The highest BCUT2D eigenvalue weighted by molar-refractivity contribution is 5.89. The molecule has 28 heavy (non-hydrogen) atoms. The van der Waals surface area contributed by atoms with Crippen LogP contribution in [0.4, 0.5) is 0 Å². The average molecular weight is 389 g/mol. The van der Waals surface area contributed by atoms with Gasteiger partial charge in [-0.3, -0.25) is 0 Å². The molecule has 0 aliphatic rings. The number of carboxylic acids is 2. The monoisotopic (exact) mass is 389 g/mol. The van der Waals surface area contributed by atoms with Gasteiger partial charge in [0.15, 0.2) is 0 Å². The van der Waals surface area contributed by atoms with Crippen molar-refractivity contribution in [3.8, 4) is 11.5 Å². The van der Waals surface area contributed by atoms with Gasteiger partial charge >= 0.3 is 11.9 Å². The first-order valence-electron chi connectivity index (χ1n) is 8.37. The SMILES string of the molecule is O=C(O)/C=C/C(=O)O.Oc1cc(O)cc([C@@H](O)CNCCc2ccccc2)c1. The zero-order valence-electron chi connectivity index (χ0n) is 15.0. The van der Waals surface area contributed by atoms with E-state index in [0.29, 0.717) is 24.3 Å². The Hall–Kier alpha value is -3.36. The molecule has 0 unspecified atom stereocenters. The van der Waals surface area contributed by atoms with E-state index in [2.05, 4.69) is 17.4 Å². The van der Waals surface area contributed by atoms with E-state index < -0.39 is 18.0 Å². The number of aliphatic carboxylic acids is 2. The second kappa shape index (κ2) is 12.1. The molecule has 8 heteroatoms. The Labute approximate surface area is 162 Å². The van der Waals surface area contributed by atoms with Gasteiger partial charge in [0.25, 0.3) is 0 Å². The van der Waals surface area contributed by atoms with Crippen molar-refractivity contribution in [2.45, 2.75) is 12.5 Å². The molecule has 0 bridgehead atoms. The van der Waals surface area contributed by atoms with Gasteiger partial charge in [0, 0.05) is 24.8 Å². The van der Waals surface area contributed by atoms with Gasteiger partial charge in [0.2, 0.25) is 0 Å². The minimum atomic E-state index is -1.26. The molecule has 2 rings (SSSR count). The number of aromatic hydroxyl groups is 2. The van der Waals surface area contributed by atoms with Crippen molar-refractivity contribution in [2.24, 2.45) is 0 Å². The van der Waals surface area contributed by atoms with E-state index in [9.17, 15) is 24.9 Å². The van der Waals surface area contributed by atoms with Crippen LogP contribution < -0.4 is 5.32 Å². The zero-order chi connectivity index (χ0) is 20.9. The van der Waals surface area contributed by atoms with E-state index in [1.54, 1.807) is 0 Å². The summed E-state index contributed by atoms with van der Waals surface area (Å²) in [5, 5.41) is 47.5. The Morgan fingerprint density at radius 3 is 1.96 bits per heavy atom. The van der Waals surface area contributed by atoms with Crippen molar-refractivity contribution in [3.63, 3.8) is 0 Å². The number of carboxylic acid groups (broad SMARTS) is 2. The number of benzene rings is 2. The van der Waals surface area contributed by atoms with E-state index in [1.165, 1.54) is 23.8 Å². The standard InChI is InChI=1S/C16H19NO3.C4H4O4/c18-14-8-13(9-15(19)10-14)16(20)11-17-7-6-12-4-2-1-3-5-12;5-3(6)1-2-4(7)8/h1-5,8-10,16-20H,6-7,11H2;1-2H,(H,5,6)(H,7,8)/b;2-1+/t16-;/m0./s1. The number of rotatable bonds is 8. The Bertz CT molecular complexity index is 754. The number of phenols is 2. The van der Waals surface area contributed by atoms with Gasteiger partial charge in [0.1, 0.15) is 11.5 Å². The molecule has 0 radical (unpaired) electrons. The highest BCUT2D eigenvalue weighted by Gasteiger charge is 2.09. The molecular weight excluding hydrogens is 366 g/mol. The molecule has 0 fully saturated rings. The van der Waals surface area contributed by atoms with Crippen LogP contribution in [0, 0.1) is 0 Å². The maximum atomic E-state index is 9.98. The predicted octanol–water partition coefficient (Wildman–Crippen LogP) is 1.68. The zero-order valence-corrected chi connectivity index (χ0v) is 15.0. The van der Waals surface area contributed by atoms with Crippen LogP contribution in [-0.4, -0.2) is 50.6 Å². The van der Waals surface area contributed by atoms with E-state index >= 15 is 0 Å². The molecule has 2 aromatic carbocycles. The summed E-state index contributed by atoms with van der Waals surface area (Å²) < 4.78 is 0. The normalized spacial score (nSPS) is 11.5. The van der Waals surface area contributed by atoms with Gasteiger partial charge in [-0.05, 0) is 36.2 Å². The molecule has 0 aromatic heterocycles. The van der Waals surface area contributed by atoms with Crippen LogP contribution in [0.2, 0.25) is 0 Å². The summed E-state index contributed by atoms with van der Waals surface area (Å²) in [6.07, 6.45) is 1.24. The highest BCUT2D eigenvalue weighted by atomic mass is 16.4. The lowest BCUT2D eigenvalue weighted by molar-refractivity contribution is -0.134. The van der Waals surface area contributed by atoms with Crippen molar-refractivity contribution in [2.75, 3.05) is 13.1 Å². The van der Waals surface area contributed by atoms with Crippen molar-refractivity contribution < 1.29 is 35.1 Å². The maximum Gasteiger partial charge on any atom is 0.328 e. The third-order valence-corrected chi connectivity index (χ3v) is 3.45. The minimum Gasteiger partial charge on any atom is -0.508 e. The van der Waals surface area contributed by atoms with Gasteiger partial charge in [-0.1, -0.05) is 30.3 Å². The van der Waals surface area contributed by atoms with E-state index in [0.717, 1.165) is 13.0 Å². The fourth-order valence-corrected chi connectivity index (χ4v) is 2.19. The maximum absolute atomic E-state index is 9.98. The number of aliphatic hydroxyl groups is 1. The van der Waals surface area contributed by atoms with Crippen LogP contribution in [0.1, 0.15) is 17.2 Å². The fourth-order valence-electron chi connectivity index (χ4n) is 2.19. The van der Waals surface area contributed by atoms with Crippen molar-refractivity contribution >= 4 is 11.9 Å². The Morgan fingerprint density at radius 1 is 0.929 bits per heavy atom. The third-order valence-electron chi connectivity index (χ3n) is 3.45. The Morgan fingerprint density at radius 2 is 1.46 bits per heavy atom. The molecular formula is C20H23NO7. The molecule has 150 valence electrons. The summed E-state index contributed by atoms with van der Waals surface area (Å²) in [6.45, 7) is 1.13. The number of carbonyl (C=O) groups is 2. The van der Waals surface area contributed by atoms with Gasteiger partial charge in [-0.2, -0.15) is 0 Å². The molecule has 0 amide bonds. The van der Waals surface area contributed by atoms with Crippen LogP contribution in [0.25, 0.3) is 0 Å². The average Bonchev–Trinajstić information content (AvgIpc) is 2.64. The smallest absolute Gasteiger partial charge is 0.328 e. The van der Waals surface area contributed by atoms with Gasteiger partial charge in [-0.25, -0.2) is 9.59 Å².